The molecule has 2 rings (SSSR count). The number of aliphatic hydroxyl groups is 1. The Kier molecular flexibility index (Phi) is 3.34. The number of hydrogen-bond donors (Lipinski definition) is 1. The van der Waals surface area contributed by atoms with Crippen LogP contribution >= 0.6 is 0 Å². The highest BCUT2D eigenvalue weighted by Crippen LogP contribution is 2.44. The standard InChI is InChI=1S/C14H18O3S/c1-3-11-5-4-10-14(11,15)12-6-8-13(9-7-12)18(2,16)17/h3,6-9,11,15H,1,4-5,10H2,2H3/t11-,14+/m0/s1. The van der Waals surface area contributed by atoms with E-state index in [1.54, 1.807) is 30.3 Å². The van der Waals surface area contributed by atoms with Gasteiger partial charge in [0.25, 0.3) is 0 Å². The first-order valence-corrected chi connectivity index (χ1v) is 7.92. The van der Waals surface area contributed by atoms with E-state index in [0.717, 1.165) is 18.4 Å². The van der Waals surface area contributed by atoms with E-state index in [9.17, 15) is 13.5 Å². The molecule has 1 N–H and O–H groups in total. The normalized spacial score (nSPS) is 28.2. The van der Waals surface area contributed by atoms with Gasteiger partial charge < -0.3 is 5.11 Å². The monoisotopic (exact) mass is 266 g/mol. The lowest BCUT2D eigenvalue weighted by atomic mass is 9.84. The fraction of sp³-hybridized carbons (Fsp3) is 0.429. The molecule has 1 aliphatic carbocycles. The second-order valence-electron chi connectivity index (χ2n) is 4.96. The second kappa shape index (κ2) is 4.52. The van der Waals surface area contributed by atoms with Crippen LogP contribution < -0.4 is 0 Å². The fourth-order valence-corrected chi connectivity index (χ4v) is 3.31. The predicted octanol–water partition coefficient (Wildman–Crippen LogP) is 2.26. The van der Waals surface area contributed by atoms with Crippen LogP contribution in [-0.4, -0.2) is 19.8 Å². The van der Waals surface area contributed by atoms with Crippen molar-refractivity contribution >= 4 is 9.84 Å². The first-order chi connectivity index (χ1) is 8.38. The lowest BCUT2D eigenvalue weighted by Gasteiger charge is -2.28. The SMILES string of the molecule is C=C[C@H]1CCC[C@]1(O)c1ccc(S(C)(=O)=O)cc1. The quantitative estimate of drug-likeness (QED) is 0.854. The van der Waals surface area contributed by atoms with E-state index in [1.807, 2.05) is 0 Å². The van der Waals surface area contributed by atoms with Crippen molar-refractivity contribution in [1.29, 1.82) is 0 Å². The summed E-state index contributed by atoms with van der Waals surface area (Å²) < 4.78 is 22.8. The average molecular weight is 266 g/mol. The van der Waals surface area contributed by atoms with E-state index in [2.05, 4.69) is 6.58 Å². The third-order valence-electron chi connectivity index (χ3n) is 3.75. The smallest absolute Gasteiger partial charge is 0.175 e. The summed E-state index contributed by atoms with van der Waals surface area (Å²) in [6.07, 6.45) is 5.55. The highest BCUT2D eigenvalue weighted by molar-refractivity contribution is 7.90. The second-order valence-corrected chi connectivity index (χ2v) is 6.97. The van der Waals surface area contributed by atoms with Gasteiger partial charge in [-0.15, -0.1) is 6.58 Å². The average Bonchev–Trinajstić information content (AvgIpc) is 2.71. The summed E-state index contributed by atoms with van der Waals surface area (Å²) >= 11 is 0. The minimum Gasteiger partial charge on any atom is -0.385 e. The summed E-state index contributed by atoms with van der Waals surface area (Å²) in [7, 11) is -3.18. The van der Waals surface area contributed by atoms with Gasteiger partial charge in [-0.05, 0) is 37.0 Å². The van der Waals surface area contributed by atoms with Crippen molar-refractivity contribution in [2.75, 3.05) is 6.26 Å². The maximum absolute atomic E-state index is 11.4. The molecule has 0 heterocycles. The van der Waals surface area contributed by atoms with Crippen LogP contribution in [-0.2, 0) is 15.4 Å². The van der Waals surface area contributed by atoms with Gasteiger partial charge in [0, 0.05) is 12.2 Å². The van der Waals surface area contributed by atoms with Gasteiger partial charge >= 0.3 is 0 Å². The van der Waals surface area contributed by atoms with E-state index in [1.165, 1.54) is 6.26 Å². The van der Waals surface area contributed by atoms with Gasteiger partial charge in [0.2, 0.25) is 0 Å². The summed E-state index contributed by atoms with van der Waals surface area (Å²) in [6, 6.07) is 6.53. The molecule has 1 aromatic carbocycles. The largest absolute Gasteiger partial charge is 0.385 e. The molecule has 0 aliphatic heterocycles. The zero-order valence-electron chi connectivity index (χ0n) is 10.5. The molecular formula is C14H18O3S. The molecule has 0 bridgehead atoms. The highest BCUT2D eigenvalue weighted by atomic mass is 32.2. The van der Waals surface area contributed by atoms with E-state index in [0.29, 0.717) is 6.42 Å². The van der Waals surface area contributed by atoms with Gasteiger partial charge in [-0.25, -0.2) is 8.42 Å². The molecule has 1 aliphatic rings. The zero-order chi connectivity index (χ0) is 13.4. The number of benzene rings is 1. The minimum atomic E-state index is -3.18. The van der Waals surface area contributed by atoms with Crippen LogP contribution in [0, 0.1) is 5.92 Å². The van der Waals surface area contributed by atoms with Gasteiger partial charge in [-0.3, -0.25) is 0 Å². The van der Waals surface area contributed by atoms with Crippen molar-refractivity contribution in [3.8, 4) is 0 Å². The maximum Gasteiger partial charge on any atom is 0.175 e. The highest BCUT2D eigenvalue weighted by Gasteiger charge is 2.40. The summed E-state index contributed by atoms with van der Waals surface area (Å²) in [5.74, 6) is 0.0431. The third-order valence-corrected chi connectivity index (χ3v) is 4.88. The Morgan fingerprint density at radius 2 is 2.00 bits per heavy atom. The van der Waals surface area contributed by atoms with Crippen molar-refractivity contribution in [3.05, 3.63) is 42.5 Å². The molecule has 4 heteroatoms. The van der Waals surface area contributed by atoms with Gasteiger partial charge in [0.15, 0.2) is 9.84 Å². The minimum absolute atomic E-state index is 0.0431. The molecule has 2 atom stereocenters. The molecule has 3 nitrogen and oxygen atoms in total. The van der Waals surface area contributed by atoms with Gasteiger partial charge in [-0.2, -0.15) is 0 Å². The zero-order valence-corrected chi connectivity index (χ0v) is 11.3. The van der Waals surface area contributed by atoms with E-state index >= 15 is 0 Å². The molecule has 1 saturated carbocycles. The Morgan fingerprint density at radius 1 is 1.39 bits per heavy atom. The van der Waals surface area contributed by atoms with E-state index in [-0.39, 0.29) is 10.8 Å². The Bertz CT molecular complexity index is 545. The summed E-state index contributed by atoms with van der Waals surface area (Å²) in [5, 5.41) is 10.7. The van der Waals surface area contributed by atoms with Gasteiger partial charge in [0.1, 0.15) is 0 Å². The molecule has 0 amide bonds. The van der Waals surface area contributed by atoms with Crippen molar-refractivity contribution in [2.24, 2.45) is 5.92 Å². The third kappa shape index (κ3) is 2.22. The van der Waals surface area contributed by atoms with Crippen LogP contribution in [0.4, 0.5) is 0 Å². The van der Waals surface area contributed by atoms with Crippen molar-refractivity contribution in [2.45, 2.75) is 29.8 Å². The first kappa shape index (κ1) is 13.3. The van der Waals surface area contributed by atoms with Crippen LogP contribution in [0.1, 0.15) is 24.8 Å². The number of hydrogen-bond acceptors (Lipinski definition) is 3. The first-order valence-electron chi connectivity index (χ1n) is 6.03. The van der Waals surface area contributed by atoms with Crippen LogP contribution in [0.15, 0.2) is 41.8 Å². The molecule has 0 saturated heterocycles. The van der Waals surface area contributed by atoms with Crippen molar-refractivity contribution in [1.82, 2.24) is 0 Å². The Balaban J connectivity index is 2.38. The molecule has 1 aromatic rings. The molecule has 1 fully saturated rings. The Morgan fingerprint density at radius 3 is 2.50 bits per heavy atom. The van der Waals surface area contributed by atoms with E-state index < -0.39 is 15.4 Å². The summed E-state index contributed by atoms with van der Waals surface area (Å²) in [4.78, 5) is 0.281. The van der Waals surface area contributed by atoms with Crippen LogP contribution in [0.3, 0.4) is 0 Å². The molecule has 0 aromatic heterocycles. The number of rotatable bonds is 3. The number of sulfone groups is 1. The molecule has 0 unspecified atom stereocenters. The predicted molar refractivity (Wildman–Crippen MR) is 71.0 cm³/mol. The Hall–Kier alpha value is -1.13. The molecule has 0 spiro atoms. The van der Waals surface area contributed by atoms with Gasteiger partial charge in [0.05, 0.1) is 10.5 Å². The molecule has 18 heavy (non-hydrogen) atoms. The van der Waals surface area contributed by atoms with Crippen molar-refractivity contribution < 1.29 is 13.5 Å². The lowest BCUT2D eigenvalue weighted by Crippen LogP contribution is -2.28. The van der Waals surface area contributed by atoms with Crippen LogP contribution in [0.2, 0.25) is 0 Å². The molecular weight excluding hydrogens is 248 g/mol. The van der Waals surface area contributed by atoms with Gasteiger partial charge in [-0.1, -0.05) is 18.2 Å². The summed E-state index contributed by atoms with van der Waals surface area (Å²) in [5.41, 5.74) is -0.116. The molecule has 98 valence electrons. The van der Waals surface area contributed by atoms with Crippen molar-refractivity contribution in [3.63, 3.8) is 0 Å². The topological polar surface area (TPSA) is 54.4 Å². The lowest BCUT2D eigenvalue weighted by molar-refractivity contribution is 0.0150. The van der Waals surface area contributed by atoms with Crippen LogP contribution in [0.25, 0.3) is 0 Å². The fourth-order valence-electron chi connectivity index (χ4n) is 2.68. The maximum atomic E-state index is 11.4. The Labute approximate surface area is 108 Å². The van der Waals surface area contributed by atoms with E-state index in [4.69, 9.17) is 0 Å². The van der Waals surface area contributed by atoms with Crippen LogP contribution in [0.5, 0.6) is 0 Å². The summed E-state index contributed by atoms with van der Waals surface area (Å²) in [6.45, 7) is 3.76. The molecule has 0 radical (unpaired) electrons.